The van der Waals surface area contributed by atoms with Crippen LogP contribution in [0, 0.1) is 0 Å². The first-order valence-electron chi connectivity index (χ1n) is 8.79. The molecule has 1 atom stereocenters. The fourth-order valence-corrected chi connectivity index (χ4v) is 3.78. The molecule has 122 valence electrons. The lowest BCUT2D eigenvalue weighted by Crippen LogP contribution is -2.41. The Hall–Kier alpha value is -1.36. The van der Waals surface area contributed by atoms with E-state index in [2.05, 4.69) is 26.3 Å². The van der Waals surface area contributed by atoms with Gasteiger partial charge in [-0.3, -0.25) is 9.69 Å². The Kier molecular flexibility index (Phi) is 5.13. The zero-order valence-corrected chi connectivity index (χ0v) is 13.7. The quantitative estimate of drug-likeness (QED) is 0.834. The third-order valence-corrected chi connectivity index (χ3v) is 5.11. The number of nitrogens with zero attached hydrogens (tertiary/aromatic N) is 4. The van der Waals surface area contributed by atoms with Crippen LogP contribution < -0.4 is 0 Å². The summed E-state index contributed by atoms with van der Waals surface area (Å²) in [5.74, 6) is 1.37. The third-order valence-electron chi connectivity index (χ3n) is 5.11. The molecule has 0 radical (unpaired) electrons. The SMILES string of the molecule is CCc1nccn1CCC(=O)N1CC[C@H](N2CCCCC2)C1. The molecule has 2 aliphatic heterocycles. The van der Waals surface area contributed by atoms with Crippen molar-refractivity contribution in [1.82, 2.24) is 19.4 Å². The standard InChI is InChI=1S/C17H28N4O/c1-2-16-18-8-13-20(16)12-7-17(22)21-11-6-15(14-21)19-9-4-3-5-10-19/h8,13,15H,2-7,9-12,14H2,1H3/t15-/m0/s1. The molecule has 1 amide bonds. The van der Waals surface area contributed by atoms with Crippen molar-refractivity contribution in [2.24, 2.45) is 0 Å². The average Bonchev–Trinajstić information content (AvgIpc) is 3.22. The molecule has 0 unspecified atom stereocenters. The predicted octanol–water partition coefficient (Wildman–Crippen LogP) is 1.92. The minimum absolute atomic E-state index is 0.301. The fourth-order valence-electron chi connectivity index (χ4n) is 3.78. The molecule has 0 bridgehead atoms. The van der Waals surface area contributed by atoms with E-state index in [1.165, 1.54) is 32.4 Å². The van der Waals surface area contributed by atoms with E-state index >= 15 is 0 Å². The molecule has 1 aromatic rings. The monoisotopic (exact) mass is 304 g/mol. The lowest BCUT2D eigenvalue weighted by atomic mass is 10.1. The number of rotatable bonds is 5. The van der Waals surface area contributed by atoms with Crippen LogP contribution in [0.4, 0.5) is 0 Å². The second kappa shape index (κ2) is 7.27. The van der Waals surface area contributed by atoms with Crippen LogP contribution in [0.5, 0.6) is 0 Å². The van der Waals surface area contributed by atoms with Crippen molar-refractivity contribution in [3.05, 3.63) is 18.2 Å². The normalized spacial score (nSPS) is 23.1. The van der Waals surface area contributed by atoms with Gasteiger partial charge in [-0.2, -0.15) is 0 Å². The van der Waals surface area contributed by atoms with E-state index < -0.39 is 0 Å². The first kappa shape index (κ1) is 15.5. The zero-order valence-electron chi connectivity index (χ0n) is 13.7. The van der Waals surface area contributed by atoms with Crippen LogP contribution in [0.1, 0.15) is 44.9 Å². The number of carbonyl (C=O) groups is 1. The van der Waals surface area contributed by atoms with Crippen molar-refractivity contribution in [1.29, 1.82) is 0 Å². The molecule has 0 spiro atoms. The molecular weight excluding hydrogens is 276 g/mol. The van der Waals surface area contributed by atoms with Gasteiger partial charge in [0.15, 0.2) is 0 Å². The molecule has 1 aromatic heterocycles. The van der Waals surface area contributed by atoms with Crippen LogP contribution in [0.3, 0.4) is 0 Å². The molecule has 0 aliphatic carbocycles. The van der Waals surface area contributed by atoms with E-state index in [1.54, 1.807) is 0 Å². The maximum absolute atomic E-state index is 12.4. The van der Waals surface area contributed by atoms with E-state index in [0.29, 0.717) is 18.4 Å². The van der Waals surface area contributed by atoms with Crippen LogP contribution in [0.25, 0.3) is 0 Å². The predicted molar refractivity (Wildman–Crippen MR) is 86.6 cm³/mol. The second-order valence-corrected chi connectivity index (χ2v) is 6.52. The van der Waals surface area contributed by atoms with Crippen molar-refractivity contribution in [3.63, 3.8) is 0 Å². The largest absolute Gasteiger partial charge is 0.341 e. The number of hydrogen-bond acceptors (Lipinski definition) is 3. The average molecular weight is 304 g/mol. The summed E-state index contributed by atoms with van der Waals surface area (Å²) in [5, 5.41) is 0. The summed E-state index contributed by atoms with van der Waals surface area (Å²) in [7, 11) is 0. The van der Waals surface area contributed by atoms with E-state index in [1.807, 2.05) is 12.4 Å². The zero-order chi connectivity index (χ0) is 15.4. The minimum atomic E-state index is 0.301. The number of hydrogen-bond donors (Lipinski definition) is 0. The van der Waals surface area contributed by atoms with E-state index in [-0.39, 0.29) is 0 Å². The molecule has 5 heteroatoms. The van der Waals surface area contributed by atoms with Crippen molar-refractivity contribution in [2.45, 2.75) is 58.0 Å². The lowest BCUT2D eigenvalue weighted by Gasteiger charge is -2.32. The summed E-state index contributed by atoms with van der Waals surface area (Å²) in [6.45, 7) is 7.17. The second-order valence-electron chi connectivity index (χ2n) is 6.52. The third kappa shape index (κ3) is 3.51. The Morgan fingerprint density at radius 3 is 2.86 bits per heavy atom. The molecular formula is C17H28N4O. The summed E-state index contributed by atoms with van der Waals surface area (Å²) >= 11 is 0. The number of imidazole rings is 1. The summed E-state index contributed by atoms with van der Waals surface area (Å²) in [4.78, 5) is 21.4. The highest BCUT2D eigenvalue weighted by Gasteiger charge is 2.30. The van der Waals surface area contributed by atoms with Crippen LogP contribution in [0.2, 0.25) is 0 Å². The van der Waals surface area contributed by atoms with Crippen molar-refractivity contribution in [3.8, 4) is 0 Å². The smallest absolute Gasteiger partial charge is 0.224 e. The Labute approximate surface area is 133 Å². The Morgan fingerprint density at radius 2 is 2.09 bits per heavy atom. The number of likely N-dealkylation sites (tertiary alicyclic amines) is 2. The van der Waals surface area contributed by atoms with Gasteiger partial charge in [0.25, 0.3) is 0 Å². The van der Waals surface area contributed by atoms with Gasteiger partial charge in [0.2, 0.25) is 5.91 Å². The van der Waals surface area contributed by atoms with Gasteiger partial charge in [-0.1, -0.05) is 13.3 Å². The molecule has 0 aromatic carbocycles. The summed E-state index contributed by atoms with van der Waals surface area (Å²) in [6.07, 6.45) is 10.5. The van der Waals surface area contributed by atoms with Gasteiger partial charge >= 0.3 is 0 Å². The van der Waals surface area contributed by atoms with Gasteiger partial charge in [0, 0.05) is 50.9 Å². The van der Waals surface area contributed by atoms with Gasteiger partial charge in [-0.05, 0) is 32.4 Å². The first-order valence-corrected chi connectivity index (χ1v) is 8.79. The van der Waals surface area contributed by atoms with Crippen LogP contribution >= 0.6 is 0 Å². The number of piperidine rings is 1. The fraction of sp³-hybridized carbons (Fsp3) is 0.765. The van der Waals surface area contributed by atoms with Crippen molar-refractivity contribution in [2.75, 3.05) is 26.2 Å². The highest BCUT2D eigenvalue weighted by Crippen LogP contribution is 2.20. The number of amides is 1. The number of aryl methyl sites for hydroxylation is 2. The molecule has 3 rings (SSSR count). The van der Waals surface area contributed by atoms with Crippen molar-refractivity contribution >= 4 is 5.91 Å². The Morgan fingerprint density at radius 1 is 1.27 bits per heavy atom. The highest BCUT2D eigenvalue weighted by molar-refractivity contribution is 5.76. The van der Waals surface area contributed by atoms with Crippen LogP contribution in [-0.4, -0.2) is 57.5 Å². The first-order chi connectivity index (χ1) is 10.8. The van der Waals surface area contributed by atoms with Crippen LogP contribution in [-0.2, 0) is 17.8 Å². The van der Waals surface area contributed by atoms with E-state index in [0.717, 1.165) is 38.3 Å². The van der Waals surface area contributed by atoms with Gasteiger partial charge in [-0.25, -0.2) is 4.98 Å². The van der Waals surface area contributed by atoms with Crippen LogP contribution in [0.15, 0.2) is 12.4 Å². The molecule has 0 saturated carbocycles. The highest BCUT2D eigenvalue weighted by atomic mass is 16.2. The Bertz CT molecular complexity index is 493. The molecule has 2 fully saturated rings. The number of aromatic nitrogens is 2. The lowest BCUT2D eigenvalue weighted by molar-refractivity contribution is -0.130. The summed E-state index contributed by atoms with van der Waals surface area (Å²) in [5.41, 5.74) is 0. The molecule has 5 nitrogen and oxygen atoms in total. The molecule has 2 saturated heterocycles. The van der Waals surface area contributed by atoms with Gasteiger partial charge in [0.1, 0.15) is 5.82 Å². The van der Waals surface area contributed by atoms with E-state index in [9.17, 15) is 4.79 Å². The van der Waals surface area contributed by atoms with Gasteiger partial charge < -0.3 is 9.47 Å². The summed E-state index contributed by atoms with van der Waals surface area (Å²) in [6, 6.07) is 0.601. The van der Waals surface area contributed by atoms with Crippen molar-refractivity contribution < 1.29 is 4.79 Å². The summed E-state index contributed by atoms with van der Waals surface area (Å²) < 4.78 is 2.11. The molecule has 22 heavy (non-hydrogen) atoms. The maximum atomic E-state index is 12.4. The van der Waals surface area contributed by atoms with Gasteiger partial charge in [0.05, 0.1) is 0 Å². The Balaban J connectivity index is 1.47. The minimum Gasteiger partial charge on any atom is -0.341 e. The number of carbonyl (C=O) groups excluding carboxylic acids is 1. The molecule has 0 N–H and O–H groups in total. The maximum Gasteiger partial charge on any atom is 0.224 e. The topological polar surface area (TPSA) is 41.4 Å². The van der Waals surface area contributed by atoms with E-state index in [4.69, 9.17) is 0 Å². The van der Waals surface area contributed by atoms with Gasteiger partial charge in [-0.15, -0.1) is 0 Å². The molecule has 3 heterocycles. The molecule has 2 aliphatic rings.